The smallest absolute Gasteiger partial charge is 0.270 e. The highest BCUT2D eigenvalue weighted by atomic mass is 32.2. The summed E-state index contributed by atoms with van der Waals surface area (Å²) in [5, 5.41) is 14.0. The summed E-state index contributed by atoms with van der Waals surface area (Å²) in [4.78, 5) is 29.1. The highest BCUT2D eigenvalue weighted by molar-refractivity contribution is 8.00. The van der Waals surface area contributed by atoms with E-state index >= 15 is 0 Å². The van der Waals surface area contributed by atoms with E-state index in [2.05, 4.69) is 25.9 Å². The Bertz CT molecular complexity index is 1260. The molecule has 1 aliphatic heterocycles. The van der Waals surface area contributed by atoms with Crippen LogP contribution in [-0.2, 0) is 4.79 Å². The van der Waals surface area contributed by atoms with Crippen LogP contribution in [0.25, 0.3) is 16.6 Å². The van der Waals surface area contributed by atoms with Crippen LogP contribution in [0.4, 0.5) is 0 Å². The molecule has 0 bridgehead atoms. The number of para-hydroxylation sites is 1. The molecule has 10 heteroatoms. The first-order valence-electron chi connectivity index (χ1n) is 8.88. The van der Waals surface area contributed by atoms with Crippen molar-refractivity contribution in [1.29, 1.82) is 0 Å². The maximum atomic E-state index is 12.6. The maximum Gasteiger partial charge on any atom is 0.270 e. The molecule has 0 radical (unpaired) electrons. The van der Waals surface area contributed by atoms with Crippen molar-refractivity contribution >= 4 is 40.1 Å². The molecular weight excluding hydrogens is 390 g/mol. The summed E-state index contributed by atoms with van der Waals surface area (Å²) in [5.74, 6) is -0.307. The molecule has 1 unspecified atom stereocenters. The van der Waals surface area contributed by atoms with E-state index in [1.807, 2.05) is 31.2 Å². The number of tetrazole rings is 1. The molecule has 4 heterocycles. The molecule has 1 saturated heterocycles. The van der Waals surface area contributed by atoms with Gasteiger partial charge in [0.2, 0.25) is 0 Å². The fourth-order valence-corrected chi connectivity index (χ4v) is 4.58. The molecule has 2 amide bonds. The van der Waals surface area contributed by atoms with E-state index in [-0.39, 0.29) is 17.6 Å². The highest BCUT2D eigenvalue weighted by Gasteiger charge is 2.36. The topological polar surface area (TPSA) is 105 Å². The quantitative estimate of drug-likeness (QED) is 0.555. The zero-order valence-corrected chi connectivity index (χ0v) is 16.1. The number of hydrogen-bond donors (Lipinski definition) is 1. The van der Waals surface area contributed by atoms with Crippen LogP contribution in [0.5, 0.6) is 0 Å². The summed E-state index contributed by atoms with van der Waals surface area (Å²) in [6.45, 7) is 2.00. The fraction of sp³-hybridized carbons (Fsp3) is 0.158. The van der Waals surface area contributed by atoms with Crippen LogP contribution < -0.4 is 5.43 Å². The van der Waals surface area contributed by atoms with Gasteiger partial charge < -0.3 is 0 Å². The predicted molar refractivity (Wildman–Crippen MR) is 107 cm³/mol. The summed E-state index contributed by atoms with van der Waals surface area (Å²) in [6, 6.07) is 11.1. The standard InChI is InChI=1S/C19H15N7O2S/c1-11-3-2-4-13-9-14(17-21-23-24-26(17)16(11)13)19-25(15(27)10-29-19)22-18(28)12-5-7-20-8-6-12/h2-9,19H,10H2,1H3,(H,22,28). The maximum absolute atomic E-state index is 12.6. The highest BCUT2D eigenvalue weighted by Crippen LogP contribution is 2.40. The predicted octanol–water partition coefficient (Wildman–Crippen LogP) is 1.90. The van der Waals surface area contributed by atoms with Crippen LogP contribution in [0.15, 0.2) is 48.8 Å². The number of aryl methyl sites for hydroxylation is 1. The molecule has 1 atom stereocenters. The molecule has 3 aromatic heterocycles. The van der Waals surface area contributed by atoms with Crippen LogP contribution in [0.3, 0.4) is 0 Å². The van der Waals surface area contributed by atoms with Gasteiger partial charge in [-0.1, -0.05) is 18.2 Å². The Morgan fingerprint density at radius 2 is 2.07 bits per heavy atom. The summed E-state index contributed by atoms with van der Waals surface area (Å²) in [5.41, 5.74) is 6.43. The molecule has 1 aromatic carbocycles. The van der Waals surface area contributed by atoms with E-state index in [0.717, 1.165) is 22.0 Å². The number of carbonyl (C=O) groups is 2. The van der Waals surface area contributed by atoms with Gasteiger partial charge in [-0.15, -0.1) is 16.9 Å². The van der Waals surface area contributed by atoms with Crippen LogP contribution in [0.2, 0.25) is 0 Å². The molecule has 4 aromatic rings. The Hall–Kier alpha value is -3.53. The number of pyridine rings is 2. The summed E-state index contributed by atoms with van der Waals surface area (Å²) in [7, 11) is 0. The number of hydrazine groups is 1. The number of rotatable bonds is 3. The number of nitrogens with one attached hydrogen (secondary N) is 1. The average molecular weight is 405 g/mol. The molecule has 0 aliphatic carbocycles. The minimum atomic E-state index is -0.438. The van der Waals surface area contributed by atoms with Crippen molar-refractivity contribution in [2.45, 2.75) is 12.3 Å². The second-order valence-corrected chi connectivity index (χ2v) is 7.70. The molecule has 0 spiro atoms. The van der Waals surface area contributed by atoms with E-state index in [1.54, 1.807) is 16.6 Å². The van der Waals surface area contributed by atoms with Gasteiger partial charge in [-0.3, -0.25) is 20.0 Å². The van der Waals surface area contributed by atoms with E-state index < -0.39 is 5.37 Å². The first-order chi connectivity index (χ1) is 14.1. The van der Waals surface area contributed by atoms with Crippen molar-refractivity contribution in [3.8, 4) is 0 Å². The number of thioether (sulfide) groups is 1. The Morgan fingerprint density at radius 1 is 1.24 bits per heavy atom. The van der Waals surface area contributed by atoms with Crippen molar-refractivity contribution in [3.63, 3.8) is 0 Å². The minimum absolute atomic E-state index is 0.183. The number of carbonyl (C=O) groups excluding carboxylic acids is 2. The van der Waals surface area contributed by atoms with Gasteiger partial charge in [-0.2, -0.15) is 4.52 Å². The lowest BCUT2D eigenvalue weighted by molar-refractivity contribution is -0.130. The first kappa shape index (κ1) is 17.6. The van der Waals surface area contributed by atoms with Crippen molar-refractivity contribution in [1.82, 2.24) is 35.5 Å². The SMILES string of the molecule is Cc1cccc2cc(C3SCC(=O)N3NC(=O)c3ccncc3)c3nnnn3c12. The average Bonchev–Trinajstić information content (AvgIpc) is 3.36. The first-order valence-corrected chi connectivity index (χ1v) is 9.93. The zero-order valence-electron chi connectivity index (χ0n) is 15.3. The molecule has 0 saturated carbocycles. The van der Waals surface area contributed by atoms with Gasteiger partial charge in [-0.05, 0) is 41.1 Å². The lowest BCUT2D eigenvalue weighted by atomic mass is 10.1. The largest absolute Gasteiger partial charge is 0.272 e. The molecular formula is C19H15N7O2S. The van der Waals surface area contributed by atoms with Gasteiger partial charge in [0.25, 0.3) is 11.8 Å². The van der Waals surface area contributed by atoms with Crippen molar-refractivity contribution < 1.29 is 9.59 Å². The van der Waals surface area contributed by atoms with Crippen molar-refractivity contribution in [3.05, 3.63) is 65.5 Å². The fourth-order valence-electron chi connectivity index (χ4n) is 3.47. The van der Waals surface area contributed by atoms with E-state index in [4.69, 9.17) is 0 Å². The summed E-state index contributed by atoms with van der Waals surface area (Å²) in [6.07, 6.45) is 3.06. The molecule has 144 valence electrons. The second-order valence-electron chi connectivity index (χ2n) is 6.63. The number of benzene rings is 1. The van der Waals surface area contributed by atoms with Gasteiger partial charge in [0.1, 0.15) is 5.37 Å². The number of fused-ring (bicyclic) bond motifs is 3. The minimum Gasteiger partial charge on any atom is -0.272 e. The molecule has 9 nitrogen and oxygen atoms in total. The van der Waals surface area contributed by atoms with Crippen LogP contribution >= 0.6 is 11.8 Å². The number of aromatic nitrogens is 5. The van der Waals surface area contributed by atoms with Gasteiger partial charge in [0.05, 0.1) is 11.3 Å². The van der Waals surface area contributed by atoms with E-state index in [0.29, 0.717) is 11.2 Å². The van der Waals surface area contributed by atoms with Crippen LogP contribution in [0, 0.1) is 6.92 Å². The Morgan fingerprint density at radius 3 is 2.90 bits per heavy atom. The molecule has 1 N–H and O–H groups in total. The van der Waals surface area contributed by atoms with E-state index in [9.17, 15) is 9.59 Å². The summed E-state index contributed by atoms with van der Waals surface area (Å²) < 4.78 is 1.69. The number of amides is 2. The van der Waals surface area contributed by atoms with Gasteiger partial charge in [-0.25, -0.2) is 5.01 Å². The van der Waals surface area contributed by atoms with E-state index in [1.165, 1.54) is 29.2 Å². The van der Waals surface area contributed by atoms with Crippen LogP contribution in [0.1, 0.15) is 26.9 Å². The molecule has 1 fully saturated rings. The van der Waals surface area contributed by atoms with Gasteiger partial charge in [0, 0.05) is 28.9 Å². The van der Waals surface area contributed by atoms with Gasteiger partial charge in [0.15, 0.2) is 5.65 Å². The third-order valence-corrected chi connectivity index (χ3v) is 6.01. The van der Waals surface area contributed by atoms with Crippen molar-refractivity contribution in [2.75, 3.05) is 5.75 Å². The Kier molecular flexibility index (Phi) is 4.13. The normalized spacial score (nSPS) is 16.7. The Balaban J connectivity index is 1.58. The second kappa shape index (κ2) is 6.82. The number of nitrogens with zero attached hydrogens (tertiary/aromatic N) is 6. The monoisotopic (exact) mass is 405 g/mol. The van der Waals surface area contributed by atoms with Crippen LogP contribution in [-0.4, -0.2) is 47.6 Å². The third-order valence-electron chi connectivity index (χ3n) is 4.82. The molecule has 1 aliphatic rings. The van der Waals surface area contributed by atoms with Gasteiger partial charge >= 0.3 is 0 Å². The molecule has 29 heavy (non-hydrogen) atoms. The lowest BCUT2D eigenvalue weighted by Crippen LogP contribution is -2.44. The summed E-state index contributed by atoms with van der Waals surface area (Å²) >= 11 is 1.42. The zero-order chi connectivity index (χ0) is 20.0. The number of hydrogen-bond acceptors (Lipinski definition) is 7. The van der Waals surface area contributed by atoms with Crippen molar-refractivity contribution in [2.24, 2.45) is 0 Å². The lowest BCUT2D eigenvalue weighted by Gasteiger charge is -2.25. The Labute approximate surface area is 169 Å². The molecule has 5 rings (SSSR count). The third kappa shape index (κ3) is 2.88.